The van der Waals surface area contributed by atoms with E-state index in [0.717, 1.165) is 19.3 Å². The molecule has 1 saturated heterocycles. The van der Waals surface area contributed by atoms with Crippen molar-refractivity contribution in [2.24, 2.45) is 5.92 Å². The number of hydrogen-bond acceptors (Lipinski definition) is 6. The molecule has 0 spiro atoms. The van der Waals surface area contributed by atoms with E-state index in [1.807, 2.05) is 26.0 Å². The Hall–Kier alpha value is -2.22. The molecule has 7 nitrogen and oxygen atoms in total. The van der Waals surface area contributed by atoms with Crippen LogP contribution in [0.25, 0.3) is 0 Å². The third kappa shape index (κ3) is 6.38. The van der Waals surface area contributed by atoms with Crippen LogP contribution >= 0.6 is 0 Å². The van der Waals surface area contributed by atoms with Gasteiger partial charge in [0.15, 0.2) is 22.2 Å². The predicted molar refractivity (Wildman–Crippen MR) is 117 cm³/mol. The lowest BCUT2D eigenvalue weighted by atomic mass is 10.0. The summed E-state index contributed by atoms with van der Waals surface area (Å²) in [5, 5.41) is 0. The minimum Gasteiger partial charge on any atom is -0.456 e. The van der Waals surface area contributed by atoms with Crippen molar-refractivity contribution >= 4 is 27.5 Å². The van der Waals surface area contributed by atoms with Crippen LogP contribution in [-0.2, 0) is 37.0 Å². The first kappa shape index (κ1) is 23.4. The van der Waals surface area contributed by atoms with E-state index < -0.39 is 28.3 Å². The number of carbonyl (C=O) groups is 3. The number of esters is 1. The Balaban J connectivity index is 1.48. The summed E-state index contributed by atoms with van der Waals surface area (Å²) in [6, 6.07) is 5.33. The Labute approximate surface area is 184 Å². The van der Waals surface area contributed by atoms with Crippen molar-refractivity contribution in [3.8, 4) is 0 Å². The van der Waals surface area contributed by atoms with Gasteiger partial charge < -0.3 is 9.64 Å². The van der Waals surface area contributed by atoms with Gasteiger partial charge in [0, 0.05) is 24.6 Å². The van der Waals surface area contributed by atoms with Gasteiger partial charge in [0.25, 0.3) is 5.91 Å². The molecule has 0 saturated carbocycles. The van der Waals surface area contributed by atoms with Crippen LogP contribution in [0, 0.1) is 5.92 Å². The summed E-state index contributed by atoms with van der Waals surface area (Å²) in [7, 11) is -3.13. The van der Waals surface area contributed by atoms with E-state index in [0.29, 0.717) is 18.5 Å². The van der Waals surface area contributed by atoms with Gasteiger partial charge in [0.1, 0.15) is 0 Å². The van der Waals surface area contributed by atoms with E-state index in [4.69, 9.17) is 4.74 Å². The summed E-state index contributed by atoms with van der Waals surface area (Å²) in [5.41, 5.74) is 3.10. The fourth-order valence-electron chi connectivity index (χ4n) is 4.27. The molecule has 1 heterocycles. The van der Waals surface area contributed by atoms with Crippen LogP contribution in [0.15, 0.2) is 18.2 Å². The number of nitrogens with zero attached hydrogens (tertiary/aromatic N) is 1. The number of amides is 1. The van der Waals surface area contributed by atoms with Gasteiger partial charge in [-0.25, -0.2) is 8.42 Å². The van der Waals surface area contributed by atoms with Gasteiger partial charge in [-0.3, -0.25) is 14.4 Å². The van der Waals surface area contributed by atoms with Gasteiger partial charge in [-0.15, -0.1) is 0 Å². The monoisotopic (exact) mass is 449 g/mol. The second-order valence-corrected chi connectivity index (χ2v) is 11.1. The summed E-state index contributed by atoms with van der Waals surface area (Å²) < 4.78 is 28.7. The van der Waals surface area contributed by atoms with Gasteiger partial charge >= 0.3 is 5.97 Å². The molecule has 170 valence electrons. The molecule has 1 fully saturated rings. The number of sulfone groups is 1. The maximum absolute atomic E-state index is 12.6. The average Bonchev–Trinajstić information content (AvgIpc) is 3.33. The van der Waals surface area contributed by atoms with Gasteiger partial charge in [-0.05, 0) is 48.8 Å². The molecule has 3 rings (SSSR count). The zero-order valence-corrected chi connectivity index (χ0v) is 19.1. The molecule has 2 aliphatic rings. The van der Waals surface area contributed by atoms with Crippen LogP contribution in [0.5, 0.6) is 0 Å². The van der Waals surface area contributed by atoms with Gasteiger partial charge in [0.2, 0.25) is 0 Å². The third-order valence-electron chi connectivity index (χ3n) is 5.86. The Morgan fingerprint density at radius 2 is 1.87 bits per heavy atom. The summed E-state index contributed by atoms with van der Waals surface area (Å²) in [4.78, 5) is 38.7. The van der Waals surface area contributed by atoms with E-state index in [-0.39, 0.29) is 42.1 Å². The highest BCUT2D eigenvalue weighted by molar-refractivity contribution is 7.91. The number of ketones is 1. The van der Waals surface area contributed by atoms with Crippen LogP contribution < -0.4 is 0 Å². The fraction of sp³-hybridized carbons (Fsp3) is 0.609. The molecule has 1 aliphatic carbocycles. The van der Waals surface area contributed by atoms with E-state index in [1.54, 1.807) is 6.07 Å². The van der Waals surface area contributed by atoms with Crippen molar-refractivity contribution in [2.75, 3.05) is 24.7 Å². The van der Waals surface area contributed by atoms with Crippen LogP contribution in [-0.4, -0.2) is 61.7 Å². The van der Waals surface area contributed by atoms with Crippen LogP contribution in [0.1, 0.15) is 61.0 Å². The number of benzene rings is 1. The highest BCUT2D eigenvalue weighted by Crippen LogP contribution is 2.23. The van der Waals surface area contributed by atoms with Gasteiger partial charge in [-0.1, -0.05) is 26.0 Å². The molecular formula is C23H31NO6S. The Bertz CT molecular complexity index is 953. The lowest BCUT2D eigenvalue weighted by Gasteiger charge is -2.29. The van der Waals surface area contributed by atoms with Crippen molar-refractivity contribution < 1.29 is 27.5 Å². The second kappa shape index (κ2) is 9.94. The number of fused-ring (bicyclic) bond motifs is 1. The summed E-state index contributed by atoms with van der Waals surface area (Å²) in [6.07, 6.45) is 3.48. The van der Waals surface area contributed by atoms with E-state index >= 15 is 0 Å². The number of aryl methyl sites for hydroxylation is 2. The highest BCUT2D eigenvalue weighted by atomic mass is 32.2. The van der Waals surface area contributed by atoms with Gasteiger partial charge in [-0.2, -0.15) is 0 Å². The molecule has 0 bridgehead atoms. The maximum atomic E-state index is 12.6. The number of carbonyl (C=O) groups excluding carboxylic acids is 3. The van der Waals surface area contributed by atoms with Crippen molar-refractivity contribution in [3.05, 3.63) is 34.9 Å². The summed E-state index contributed by atoms with van der Waals surface area (Å²) in [6.45, 7) is 3.86. The molecular weight excluding hydrogens is 418 g/mol. The quantitative estimate of drug-likeness (QED) is 0.424. The van der Waals surface area contributed by atoms with Crippen molar-refractivity contribution in [1.29, 1.82) is 0 Å². The second-order valence-electron chi connectivity index (χ2n) is 8.92. The predicted octanol–water partition coefficient (Wildman–Crippen LogP) is 2.35. The molecule has 1 amide bonds. The highest BCUT2D eigenvalue weighted by Gasteiger charge is 2.35. The lowest BCUT2D eigenvalue weighted by Crippen LogP contribution is -2.45. The van der Waals surface area contributed by atoms with Crippen molar-refractivity contribution in [2.45, 2.75) is 58.4 Å². The Morgan fingerprint density at radius 1 is 1.13 bits per heavy atom. The topological polar surface area (TPSA) is 97.8 Å². The Morgan fingerprint density at radius 3 is 2.55 bits per heavy atom. The third-order valence-corrected chi connectivity index (χ3v) is 7.62. The maximum Gasteiger partial charge on any atom is 0.306 e. The van der Waals surface area contributed by atoms with E-state index in [1.165, 1.54) is 16.0 Å². The molecule has 1 aliphatic heterocycles. The first-order valence-electron chi connectivity index (χ1n) is 10.9. The first-order chi connectivity index (χ1) is 14.6. The molecule has 1 aromatic carbocycles. The molecule has 8 heteroatoms. The minimum atomic E-state index is -3.13. The number of rotatable bonds is 9. The number of hydrogen-bond donors (Lipinski definition) is 0. The minimum absolute atomic E-state index is 0.0301. The van der Waals surface area contributed by atoms with E-state index in [2.05, 4.69) is 0 Å². The Kier molecular flexibility index (Phi) is 7.51. The largest absolute Gasteiger partial charge is 0.456 e. The first-order valence-corrected chi connectivity index (χ1v) is 12.8. The lowest BCUT2D eigenvalue weighted by molar-refractivity contribution is -0.153. The smallest absolute Gasteiger partial charge is 0.306 e. The molecule has 0 aromatic heterocycles. The molecule has 1 aromatic rings. The number of ether oxygens (including phenoxy) is 1. The standard InChI is InChI=1S/C23H31NO6S/c1-16(2)13-24(20-10-11-31(28,29)15-20)22(26)14-30-23(27)9-8-21(25)19-7-6-17-4-3-5-18(17)12-19/h6-7,12,16,20H,3-5,8-11,13-15H2,1-2H3. The van der Waals surface area contributed by atoms with Crippen LogP contribution in [0.3, 0.4) is 0 Å². The van der Waals surface area contributed by atoms with Crippen molar-refractivity contribution in [3.63, 3.8) is 0 Å². The molecule has 1 atom stereocenters. The normalized spacial score (nSPS) is 19.3. The number of Topliss-reactive ketones (excluding diaryl/α,β-unsaturated/α-hetero) is 1. The summed E-state index contributed by atoms with van der Waals surface area (Å²) >= 11 is 0. The fourth-order valence-corrected chi connectivity index (χ4v) is 6.00. The molecule has 0 N–H and O–H groups in total. The molecule has 0 radical (unpaired) electrons. The van der Waals surface area contributed by atoms with Gasteiger partial charge in [0.05, 0.1) is 17.9 Å². The zero-order valence-electron chi connectivity index (χ0n) is 18.3. The SMILES string of the molecule is CC(C)CN(C(=O)COC(=O)CCC(=O)c1ccc2c(c1)CCC2)C1CCS(=O)(=O)C1. The summed E-state index contributed by atoms with van der Waals surface area (Å²) in [5.74, 6) is -0.928. The van der Waals surface area contributed by atoms with Crippen LogP contribution in [0.4, 0.5) is 0 Å². The van der Waals surface area contributed by atoms with Crippen LogP contribution in [0.2, 0.25) is 0 Å². The average molecular weight is 450 g/mol. The zero-order chi connectivity index (χ0) is 22.6. The molecule has 31 heavy (non-hydrogen) atoms. The van der Waals surface area contributed by atoms with Crippen molar-refractivity contribution in [1.82, 2.24) is 4.90 Å². The van der Waals surface area contributed by atoms with E-state index in [9.17, 15) is 22.8 Å². The molecule has 1 unspecified atom stereocenters.